The van der Waals surface area contributed by atoms with E-state index in [-0.39, 0.29) is 12.2 Å². The fraction of sp³-hybridized carbons (Fsp3) is 0.154. The molecule has 0 saturated carbocycles. The maximum Gasteiger partial charge on any atom is 0.138 e. The quantitative estimate of drug-likeness (QED) is 0.800. The summed E-state index contributed by atoms with van der Waals surface area (Å²) in [6.45, 7) is -0.0288. The van der Waals surface area contributed by atoms with Crippen LogP contribution < -0.4 is 4.74 Å². The fourth-order valence-electron chi connectivity index (χ4n) is 1.39. The highest BCUT2D eigenvalue weighted by Gasteiger charge is 2.05. The molecule has 0 aliphatic heterocycles. The molecule has 0 fully saturated rings. The van der Waals surface area contributed by atoms with Crippen LogP contribution in [0.25, 0.3) is 0 Å². The van der Waals surface area contributed by atoms with Crippen molar-refractivity contribution in [2.75, 3.05) is 0 Å². The number of nitrogens with zero attached hydrogens (tertiary/aromatic N) is 1. The van der Waals surface area contributed by atoms with Crippen LogP contribution in [0.5, 0.6) is 5.75 Å². The summed E-state index contributed by atoms with van der Waals surface area (Å²) in [4.78, 5) is 4.11. The summed E-state index contributed by atoms with van der Waals surface area (Å²) in [5, 5.41) is 0.659. The number of pyridine rings is 1. The monoisotopic (exact) mass is 313 g/mol. The third kappa shape index (κ3) is 3.26. The third-order valence-corrected chi connectivity index (χ3v) is 2.91. The van der Waals surface area contributed by atoms with Gasteiger partial charge in [0.1, 0.15) is 24.0 Å². The summed E-state index contributed by atoms with van der Waals surface area (Å²) in [6.07, 6.45) is 1.55. The van der Waals surface area contributed by atoms with Crippen LogP contribution in [0.4, 0.5) is 8.78 Å². The van der Waals surface area contributed by atoms with Crippen molar-refractivity contribution in [3.63, 3.8) is 0 Å². The Bertz CT molecular complexity index is 531. The first-order chi connectivity index (χ1) is 8.69. The van der Waals surface area contributed by atoms with Crippen molar-refractivity contribution in [3.8, 4) is 5.75 Å². The summed E-state index contributed by atoms with van der Waals surface area (Å²) < 4.78 is 31.6. The molecule has 18 heavy (non-hydrogen) atoms. The Morgan fingerprint density at radius 1 is 1.17 bits per heavy atom. The highest BCUT2D eigenvalue weighted by Crippen LogP contribution is 2.15. The van der Waals surface area contributed by atoms with Gasteiger partial charge in [0, 0.05) is 10.9 Å². The van der Waals surface area contributed by atoms with E-state index in [4.69, 9.17) is 4.74 Å². The Morgan fingerprint density at radius 3 is 2.67 bits per heavy atom. The lowest BCUT2D eigenvalue weighted by Crippen LogP contribution is -2.00. The topological polar surface area (TPSA) is 22.1 Å². The van der Waals surface area contributed by atoms with Crippen LogP contribution >= 0.6 is 15.9 Å². The number of benzene rings is 1. The Hall–Kier alpha value is -1.49. The fourth-order valence-corrected chi connectivity index (χ4v) is 1.72. The van der Waals surface area contributed by atoms with Gasteiger partial charge in [0.2, 0.25) is 0 Å². The summed E-state index contributed by atoms with van der Waals surface area (Å²) in [7, 11) is 0. The highest BCUT2D eigenvalue weighted by molar-refractivity contribution is 9.08. The molecule has 0 aliphatic rings. The third-order valence-electron chi connectivity index (χ3n) is 2.34. The standard InChI is InChI=1S/C13H10BrF2NO/c14-6-11-2-3-12(7-17-11)18-8-9-5-10(15)1-4-13(9)16/h1-5,7H,6,8H2. The van der Waals surface area contributed by atoms with Crippen LogP contribution in [0.2, 0.25) is 0 Å². The molecule has 2 aromatic rings. The Morgan fingerprint density at radius 2 is 2.00 bits per heavy atom. The average Bonchev–Trinajstić information content (AvgIpc) is 2.40. The summed E-state index contributed by atoms with van der Waals surface area (Å²) in [5.41, 5.74) is 1.05. The van der Waals surface area contributed by atoms with E-state index >= 15 is 0 Å². The predicted octanol–water partition coefficient (Wildman–Crippen LogP) is 3.83. The van der Waals surface area contributed by atoms with Crippen molar-refractivity contribution in [1.29, 1.82) is 0 Å². The molecule has 0 aliphatic carbocycles. The van der Waals surface area contributed by atoms with Gasteiger partial charge >= 0.3 is 0 Å². The van der Waals surface area contributed by atoms with Crippen LogP contribution in [-0.2, 0) is 11.9 Å². The zero-order valence-electron chi connectivity index (χ0n) is 9.37. The van der Waals surface area contributed by atoms with Crippen molar-refractivity contribution in [1.82, 2.24) is 4.98 Å². The van der Waals surface area contributed by atoms with Crippen LogP contribution in [0.15, 0.2) is 36.5 Å². The second kappa shape index (κ2) is 5.91. The molecule has 0 spiro atoms. The molecule has 1 aromatic carbocycles. The maximum atomic E-state index is 13.3. The minimum Gasteiger partial charge on any atom is -0.487 e. The lowest BCUT2D eigenvalue weighted by atomic mass is 10.2. The number of hydrogen-bond acceptors (Lipinski definition) is 2. The predicted molar refractivity (Wildman–Crippen MR) is 67.6 cm³/mol. The van der Waals surface area contributed by atoms with E-state index in [0.717, 1.165) is 23.9 Å². The van der Waals surface area contributed by atoms with E-state index in [2.05, 4.69) is 20.9 Å². The van der Waals surface area contributed by atoms with E-state index in [1.165, 1.54) is 0 Å². The molecule has 0 saturated heterocycles. The van der Waals surface area contributed by atoms with E-state index in [9.17, 15) is 8.78 Å². The number of aromatic nitrogens is 1. The van der Waals surface area contributed by atoms with Crippen LogP contribution in [0.3, 0.4) is 0 Å². The molecule has 1 heterocycles. The van der Waals surface area contributed by atoms with Gasteiger partial charge in [-0.1, -0.05) is 15.9 Å². The molecule has 0 amide bonds. The first-order valence-electron chi connectivity index (χ1n) is 5.26. The molecule has 0 unspecified atom stereocenters. The van der Waals surface area contributed by atoms with Gasteiger partial charge in [-0.15, -0.1) is 0 Å². The zero-order valence-corrected chi connectivity index (χ0v) is 11.0. The Labute approximate surface area is 112 Å². The molecule has 0 atom stereocenters. The summed E-state index contributed by atoms with van der Waals surface area (Å²) in [6, 6.07) is 6.81. The molecular weight excluding hydrogens is 304 g/mol. The first kappa shape index (κ1) is 13.0. The second-order valence-corrected chi connectivity index (χ2v) is 4.20. The molecule has 0 radical (unpaired) electrons. The average molecular weight is 314 g/mol. The van der Waals surface area contributed by atoms with Gasteiger partial charge in [0.05, 0.1) is 11.9 Å². The molecule has 2 rings (SSSR count). The number of halogens is 3. The molecule has 0 bridgehead atoms. The minimum atomic E-state index is -0.485. The molecule has 5 heteroatoms. The number of hydrogen-bond donors (Lipinski definition) is 0. The van der Waals surface area contributed by atoms with Crippen molar-refractivity contribution in [2.24, 2.45) is 0 Å². The number of ether oxygens (including phenoxy) is 1. The van der Waals surface area contributed by atoms with E-state index in [1.54, 1.807) is 18.3 Å². The minimum absolute atomic E-state index is 0.0288. The summed E-state index contributed by atoms with van der Waals surface area (Å²) in [5.74, 6) is -0.451. The Balaban J connectivity index is 2.04. The normalized spacial score (nSPS) is 10.4. The molecule has 1 aromatic heterocycles. The number of alkyl halides is 1. The molecule has 94 valence electrons. The second-order valence-electron chi connectivity index (χ2n) is 3.64. The van der Waals surface area contributed by atoms with Gasteiger partial charge in [-0.05, 0) is 30.3 Å². The number of rotatable bonds is 4. The summed E-state index contributed by atoms with van der Waals surface area (Å²) >= 11 is 3.28. The van der Waals surface area contributed by atoms with Crippen molar-refractivity contribution >= 4 is 15.9 Å². The van der Waals surface area contributed by atoms with E-state index < -0.39 is 11.6 Å². The van der Waals surface area contributed by atoms with Crippen molar-refractivity contribution in [2.45, 2.75) is 11.9 Å². The van der Waals surface area contributed by atoms with Crippen molar-refractivity contribution in [3.05, 3.63) is 59.4 Å². The molecular formula is C13H10BrF2NO. The molecule has 0 N–H and O–H groups in total. The van der Waals surface area contributed by atoms with Crippen molar-refractivity contribution < 1.29 is 13.5 Å². The van der Waals surface area contributed by atoms with Gasteiger partial charge in [-0.2, -0.15) is 0 Å². The van der Waals surface area contributed by atoms with Gasteiger partial charge in [0.25, 0.3) is 0 Å². The highest BCUT2D eigenvalue weighted by atomic mass is 79.9. The van der Waals surface area contributed by atoms with E-state index in [0.29, 0.717) is 11.1 Å². The van der Waals surface area contributed by atoms with Crippen LogP contribution in [0.1, 0.15) is 11.3 Å². The van der Waals surface area contributed by atoms with Gasteiger partial charge in [-0.25, -0.2) is 8.78 Å². The van der Waals surface area contributed by atoms with Gasteiger partial charge in [-0.3, -0.25) is 4.98 Å². The van der Waals surface area contributed by atoms with Gasteiger partial charge in [0.15, 0.2) is 0 Å². The Kier molecular flexibility index (Phi) is 4.25. The van der Waals surface area contributed by atoms with E-state index in [1.807, 2.05) is 0 Å². The zero-order chi connectivity index (χ0) is 13.0. The molecule has 2 nitrogen and oxygen atoms in total. The SMILES string of the molecule is Fc1ccc(F)c(COc2ccc(CBr)nc2)c1. The van der Waals surface area contributed by atoms with Gasteiger partial charge < -0.3 is 4.74 Å². The van der Waals surface area contributed by atoms with Crippen LogP contribution in [0, 0.1) is 11.6 Å². The smallest absolute Gasteiger partial charge is 0.138 e. The largest absolute Gasteiger partial charge is 0.487 e. The lowest BCUT2D eigenvalue weighted by molar-refractivity contribution is 0.297. The maximum absolute atomic E-state index is 13.3. The lowest BCUT2D eigenvalue weighted by Gasteiger charge is -2.07. The first-order valence-corrected chi connectivity index (χ1v) is 6.39. The van der Waals surface area contributed by atoms with Crippen LogP contribution in [-0.4, -0.2) is 4.98 Å².